The van der Waals surface area contributed by atoms with E-state index in [1.165, 1.54) is 4.90 Å². The molecule has 6 heteroatoms. The van der Waals surface area contributed by atoms with Gasteiger partial charge in [-0.25, -0.2) is 4.79 Å². The summed E-state index contributed by atoms with van der Waals surface area (Å²) in [7, 11) is 1.57. The van der Waals surface area contributed by atoms with Crippen molar-refractivity contribution in [3.63, 3.8) is 0 Å². The lowest BCUT2D eigenvalue weighted by molar-refractivity contribution is -0.136. The second-order valence-corrected chi connectivity index (χ2v) is 8.24. The van der Waals surface area contributed by atoms with Crippen LogP contribution in [0.4, 0.5) is 4.79 Å². The Hall–Kier alpha value is -2.86. The van der Waals surface area contributed by atoms with Crippen LogP contribution in [0.15, 0.2) is 54.6 Å². The summed E-state index contributed by atoms with van der Waals surface area (Å²) >= 11 is 0. The van der Waals surface area contributed by atoms with Crippen LogP contribution in [0.1, 0.15) is 57.3 Å². The molecule has 1 N–H and O–H groups in total. The Labute approximate surface area is 178 Å². The van der Waals surface area contributed by atoms with E-state index in [0.717, 1.165) is 5.56 Å². The maximum atomic E-state index is 12.6. The van der Waals surface area contributed by atoms with Gasteiger partial charge in [-0.05, 0) is 50.5 Å². The number of nitrogens with zero attached hydrogens (tertiary/aromatic N) is 1. The van der Waals surface area contributed by atoms with Gasteiger partial charge in [-0.15, -0.1) is 0 Å². The summed E-state index contributed by atoms with van der Waals surface area (Å²) in [5, 5.41) is 10.4. The predicted octanol–water partition coefficient (Wildman–Crippen LogP) is 4.69. The molecule has 0 saturated carbocycles. The minimum Gasteiger partial charge on any atom is -0.444 e. The Balaban J connectivity index is 1.97. The van der Waals surface area contributed by atoms with E-state index in [0.29, 0.717) is 17.7 Å². The fourth-order valence-corrected chi connectivity index (χ4v) is 2.95. The van der Waals surface area contributed by atoms with E-state index >= 15 is 0 Å². The van der Waals surface area contributed by atoms with Crippen molar-refractivity contribution in [1.82, 2.24) is 4.90 Å². The summed E-state index contributed by atoms with van der Waals surface area (Å²) in [6, 6.07) is 16.2. The number of rotatable bonds is 7. The van der Waals surface area contributed by atoms with E-state index in [4.69, 9.17) is 9.47 Å². The second kappa shape index (κ2) is 10.3. The molecule has 0 bridgehead atoms. The average Bonchev–Trinajstić information content (AvgIpc) is 2.68. The molecule has 162 valence electrons. The fraction of sp³-hybridized carbons (Fsp3) is 0.417. The molecule has 0 radical (unpaired) electrons. The van der Waals surface area contributed by atoms with E-state index in [-0.39, 0.29) is 18.4 Å². The Bertz CT molecular complexity index is 827. The number of aliphatic hydroxyl groups excluding tert-OH is 1. The Morgan fingerprint density at radius 3 is 2.13 bits per heavy atom. The third-order valence-electron chi connectivity index (χ3n) is 4.53. The molecule has 2 rings (SSSR count). The summed E-state index contributed by atoms with van der Waals surface area (Å²) in [5.74, 6) is -0.244. The molecule has 0 fully saturated rings. The van der Waals surface area contributed by atoms with E-state index < -0.39 is 17.8 Å². The molecule has 2 unspecified atom stereocenters. The number of carbonyl (C=O) groups is 2. The Morgan fingerprint density at radius 1 is 1.00 bits per heavy atom. The number of esters is 1. The van der Waals surface area contributed by atoms with Gasteiger partial charge in [0.15, 0.2) is 0 Å². The molecule has 0 aliphatic heterocycles. The Kier molecular flexibility index (Phi) is 8.00. The first-order valence-corrected chi connectivity index (χ1v) is 10.1. The molecule has 0 aromatic heterocycles. The highest BCUT2D eigenvalue weighted by molar-refractivity contribution is 5.80. The van der Waals surface area contributed by atoms with Crippen molar-refractivity contribution in [3.05, 3.63) is 65.7 Å². The number of ether oxygens (including phenoxy) is 2. The minimum atomic E-state index is -0.889. The van der Waals surface area contributed by atoms with Crippen molar-refractivity contribution in [1.29, 1.82) is 0 Å². The molecular weight excluding hydrogens is 382 g/mol. The lowest BCUT2D eigenvalue weighted by Gasteiger charge is -2.26. The molecule has 0 aliphatic rings. The number of amides is 1. The van der Waals surface area contributed by atoms with Gasteiger partial charge < -0.3 is 19.5 Å². The van der Waals surface area contributed by atoms with Crippen LogP contribution in [-0.4, -0.2) is 41.3 Å². The number of hydrogen-bond donors (Lipinski definition) is 1. The van der Waals surface area contributed by atoms with Gasteiger partial charge in [0.25, 0.3) is 0 Å². The van der Waals surface area contributed by atoms with Crippen LogP contribution < -0.4 is 4.74 Å². The minimum absolute atomic E-state index is 0.0833. The highest BCUT2D eigenvalue weighted by Crippen LogP contribution is 2.24. The molecule has 0 aliphatic carbocycles. The van der Waals surface area contributed by atoms with E-state index in [2.05, 4.69) is 0 Å². The molecule has 2 aromatic carbocycles. The maximum absolute atomic E-state index is 12.6. The average molecular weight is 414 g/mol. The molecule has 0 heterocycles. The topological polar surface area (TPSA) is 76.1 Å². The number of hydrogen-bond acceptors (Lipinski definition) is 5. The van der Waals surface area contributed by atoms with Crippen LogP contribution in [0.25, 0.3) is 0 Å². The summed E-state index contributed by atoms with van der Waals surface area (Å²) in [6.07, 6.45) is -0.755. The highest BCUT2D eigenvalue weighted by atomic mass is 16.6. The third-order valence-corrected chi connectivity index (χ3v) is 4.53. The van der Waals surface area contributed by atoms with Gasteiger partial charge in [0.2, 0.25) is 0 Å². The molecule has 2 atom stereocenters. The molecular formula is C24H31NO5. The lowest BCUT2D eigenvalue weighted by Crippen LogP contribution is -2.36. The van der Waals surface area contributed by atoms with Gasteiger partial charge in [0.1, 0.15) is 11.4 Å². The second-order valence-electron chi connectivity index (χ2n) is 8.24. The van der Waals surface area contributed by atoms with Crippen LogP contribution in [0.5, 0.6) is 5.75 Å². The maximum Gasteiger partial charge on any atom is 0.410 e. The first kappa shape index (κ1) is 23.4. The molecule has 1 amide bonds. The standard InChI is InChI=1S/C24H31NO5/c1-6-20(17-10-8-7-9-11-17)22(27)29-19-14-12-18(13-15-19)21(26)16-25(5)23(28)30-24(2,3)4/h7-15,20-21,26H,6,16H2,1-5H3. The van der Waals surface area contributed by atoms with Crippen molar-refractivity contribution in [3.8, 4) is 5.75 Å². The van der Waals surface area contributed by atoms with Crippen LogP contribution in [0.2, 0.25) is 0 Å². The zero-order chi connectivity index (χ0) is 22.3. The van der Waals surface area contributed by atoms with E-state index in [1.807, 2.05) is 37.3 Å². The van der Waals surface area contributed by atoms with Crippen LogP contribution in [-0.2, 0) is 9.53 Å². The van der Waals surface area contributed by atoms with E-state index in [1.54, 1.807) is 52.1 Å². The van der Waals surface area contributed by atoms with Gasteiger partial charge in [-0.3, -0.25) is 4.79 Å². The fourth-order valence-electron chi connectivity index (χ4n) is 2.95. The smallest absolute Gasteiger partial charge is 0.410 e. The number of aliphatic hydroxyl groups is 1. The summed E-state index contributed by atoms with van der Waals surface area (Å²) < 4.78 is 10.8. The molecule has 0 saturated heterocycles. The molecule has 30 heavy (non-hydrogen) atoms. The van der Waals surface area contributed by atoms with Crippen LogP contribution >= 0.6 is 0 Å². The number of benzene rings is 2. The summed E-state index contributed by atoms with van der Waals surface area (Å²) in [4.78, 5) is 25.9. The van der Waals surface area contributed by atoms with E-state index in [9.17, 15) is 14.7 Å². The van der Waals surface area contributed by atoms with Gasteiger partial charge >= 0.3 is 12.1 Å². The molecule has 6 nitrogen and oxygen atoms in total. The first-order chi connectivity index (χ1) is 14.1. The SMILES string of the molecule is CCC(C(=O)Oc1ccc(C(O)CN(C)C(=O)OC(C)(C)C)cc1)c1ccccc1. The summed E-state index contributed by atoms with van der Waals surface area (Å²) in [5.41, 5.74) is 0.931. The van der Waals surface area contributed by atoms with Gasteiger partial charge in [0, 0.05) is 7.05 Å². The zero-order valence-electron chi connectivity index (χ0n) is 18.3. The number of likely N-dealkylation sites (N-methyl/N-ethyl adjacent to an activating group) is 1. The molecule has 0 spiro atoms. The number of carbonyl (C=O) groups excluding carboxylic acids is 2. The van der Waals surface area contributed by atoms with Crippen molar-refractivity contribution >= 4 is 12.1 Å². The third kappa shape index (κ3) is 6.88. The first-order valence-electron chi connectivity index (χ1n) is 10.1. The quantitative estimate of drug-likeness (QED) is 0.527. The van der Waals surface area contributed by atoms with Crippen molar-refractivity contribution in [2.45, 2.75) is 51.7 Å². The summed E-state index contributed by atoms with van der Waals surface area (Å²) in [6.45, 7) is 7.39. The van der Waals surface area contributed by atoms with Crippen LogP contribution in [0, 0.1) is 0 Å². The van der Waals surface area contributed by atoms with Gasteiger partial charge in [0.05, 0.1) is 18.6 Å². The van der Waals surface area contributed by atoms with Crippen molar-refractivity contribution < 1.29 is 24.2 Å². The Morgan fingerprint density at radius 2 is 1.60 bits per heavy atom. The van der Waals surface area contributed by atoms with Crippen molar-refractivity contribution in [2.75, 3.05) is 13.6 Å². The normalized spacial score (nSPS) is 13.3. The van der Waals surface area contributed by atoms with Crippen molar-refractivity contribution in [2.24, 2.45) is 0 Å². The monoisotopic (exact) mass is 413 g/mol. The predicted molar refractivity (Wildman–Crippen MR) is 115 cm³/mol. The van der Waals surface area contributed by atoms with Gasteiger partial charge in [-0.2, -0.15) is 0 Å². The van der Waals surface area contributed by atoms with Crippen LogP contribution in [0.3, 0.4) is 0 Å². The largest absolute Gasteiger partial charge is 0.444 e. The van der Waals surface area contributed by atoms with Gasteiger partial charge in [-0.1, -0.05) is 49.4 Å². The highest BCUT2D eigenvalue weighted by Gasteiger charge is 2.23. The lowest BCUT2D eigenvalue weighted by atomic mass is 9.97. The molecule has 2 aromatic rings. The zero-order valence-corrected chi connectivity index (χ0v) is 18.3.